The molecule has 0 spiro atoms. The number of nitrogens with zero attached hydrogens (tertiary/aromatic N) is 2. The first kappa shape index (κ1) is 6.91. The number of rotatable bonds is 0. The lowest BCUT2D eigenvalue weighted by molar-refractivity contribution is 1.53. The SMILES string of the molecule is N#Cc1snc2sc(=O)sc12. The molecule has 2 aromatic heterocycles. The first-order valence-electron chi connectivity index (χ1n) is 2.60. The maximum absolute atomic E-state index is 10.8. The minimum absolute atomic E-state index is 0.00630. The average Bonchev–Trinajstić information content (AvgIpc) is 2.45. The van der Waals surface area contributed by atoms with Gasteiger partial charge in [-0.05, 0) is 11.5 Å². The van der Waals surface area contributed by atoms with Crippen LogP contribution in [0.2, 0.25) is 0 Å². The van der Waals surface area contributed by atoms with Crippen LogP contribution in [0.25, 0.3) is 9.53 Å². The van der Waals surface area contributed by atoms with Crippen LogP contribution < -0.4 is 4.06 Å². The maximum Gasteiger partial charge on any atom is 0.290 e. The molecule has 11 heavy (non-hydrogen) atoms. The van der Waals surface area contributed by atoms with Crippen LogP contribution in [0.1, 0.15) is 4.88 Å². The second-order valence-electron chi connectivity index (χ2n) is 1.71. The lowest BCUT2D eigenvalue weighted by Gasteiger charge is -1.68. The molecule has 0 amide bonds. The summed E-state index contributed by atoms with van der Waals surface area (Å²) in [5.41, 5.74) is 0. The van der Waals surface area contributed by atoms with Crippen molar-refractivity contribution in [2.45, 2.75) is 0 Å². The van der Waals surface area contributed by atoms with E-state index >= 15 is 0 Å². The molecule has 0 fully saturated rings. The van der Waals surface area contributed by atoms with E-state index in [0.717, 1.165) is 38.9 Å². The van der Waals surface area contributed by atoms with Crippen molar-refractivity contribution >= 4 is 43.7 Å². The van der Waals surface area contributed by atoms with Crippen molar-refractivity contribution in [1.82, 2.24) is 4.37 Å². The maximum atomic E-state index is 10.8. The van der Waals surface area contributed by atoms with Crippen LogP contribution in [-0.4, -0.2) is 4.37 Å². The van der Waals surface area contributed by atoms with Crippen molar-refractivity contribution in [2.75, 3.05) is 0 Å². The van der Waals surface area contributed by atoms with Gasteiger partial charge in [0.25, 0.3) is 4.06 Å². The van der Waals surface area contributed by atoms with E-state index in [1.165, 1.54) is 0 Å². The Labute approximate surface area is 73.3 Å². The summed E-state index contributed by atoms with van der Waals surface area (Å²) in [4.78, 5) is 12.1. The van der Waals surface area contributed by atoms with Gasteiger partial charge in [0.05, 0.1) is 4.70 Å². The standard InChI is InChI=1S/C5N2OS3/c6-1-2-3-4(7-11-2)10-5(8)9-3. The number of aromatic nitrogens is 1. The van der Waals surface area contributed by atoms with Gasteiger partial charge in [0.1, 0.15) is 10.9 Å². The largest absolute Gasteiger partial charge is 0.290 e. The van der Waals surface area contributed by atoms with Gasteiger partial charge in [-0.25, -0.2) is 0 Å². The Morgan fingerprint density at radius 3 is 3.00 bits per heavy atom. The molecule has 2 aromatic rings. The Bertz CT molecular complexity index is 485. The van der Waals surface area contributed by atoms with Gasteiger partial charge >= 0.3 is 0 Å². The quantitative estimate of drug-likeness (QED) is 0.649. The van der Waals surface area contributed by atoms with E-state index in [-0.39, 0.29) is 4.06 Å². The first-order valence-corrected chi connectivity index (χ1v) is 5.01. The Balaban J connectivity index is 2.97. The van der Waals surface area contributed by atoms with Gasteiger partial charge in [-0.3, -0.25) is 4.79 Å². The van der Waals surface area contributed by atoms with Crippen LogP contribution in [0, 0.1) is 11.3 Å². The molecular weight excluding hydrogens is 200 g/mol. The topological polar surface area (TPSA) is 53.8 Å². The summed E-state index contributed by atoms with van der Waals surface area (Å²) in [5, 5.41) is 8.56. The van der Waals surface area contributed by atoms with Gasteiger partial charge in [-0.15, -0.1) is 0 Å². The molecule has 6 heteroatoms. The van der Waals surface area contributed by atoms with E-state index in [1.807, 2.05) is 6.07 Å². The first-order chi connectivity index (χ1) is 5.31. The lowest BCUT2D eigenvalue weighted by Crippen LogP contribution is -1.74. The molecule has 2 heterocycles. The Hall–Kier alpha value is -0.770. The Morgan fingerprint density at radius 2 is 2.27 bits per heavy atom. The average molecular weight is 200 g/mol. The molecule has 3 nitrogen and oxygen atoms in total. The molecule has 0 unspecified atom stereocenters. The Kier molecular flexibility index (Phi) is 1.49. The van der Waals surface area contributed by atoms with Crippen molar-refractivity contribution in [3.63, 3.8) is 0 Å². The van der Waals surface area contributed by atoms with Crippen molar-refractivity contribution in [3.05, 3.63) is 13.7 Å². The molecule has 0 radical (unpaired) electrons. The molecule has 0 atom stereocenters. The van der Waals surface area contributed by atoms with Crippen LogP contribution >= 0.6 is 34.2 Å². The van der Waals surface area contributed by atoms with E-state index in [4.69, 9.17) is 5.26 Å². The molecular formula is C5N2OS3. The number of hydrogen-bond donors (Lipinski definition) is 0. The summed E-state index contributed by atoms with van der Waals surface area (Å²) in [7, 11) is 0. The highest BCUT2D eigenvalue weighted by Crippen LogP contribution is 2.26. The zero-order valence-corrected chi connectivity index (χ0v) is 7.48. The van der Waals surface area contributed by atoms with Crippen LogP contribution in [0.4, 0.5) is 0 Å². The van der Waals surface area contributed by atoms with Crippen LogP contribution in [0.5, 0.6) is 0 Å². The lowest BCUT2D eigenvalue weighted by atomic mass is 10.5. The van der Waals surface area contributed by atoms with Crippen molar-refractivity contribution in [1.29, 1.82) is 5.26 Å². The molecule has 0 aromatic carbocycles. The zero-order valence-electron chi connectivity index (χ0n) is 5.03. The van der Waals surface area contributed by atoms with Gasteiger partial charge in [0, 0.05) is 0 Å². The van der Waals surface area contributed by atoms with Crippen molar-refractivity contribution in [3.8, 4) is 6.07 Å². The summed E-state index contributed by atoms with van der Waals surface area (Å²) in [6.07, 6.45) is 0. The molecule has 0 aliphatic carbocycles. The van der Waals surface area contributed by atoms with Gasteiger partial charge in [0.2, 0.25) is 0 Å². The summed E-state index contributed by atoms with van der Waals surface area (Å²) < 4.78 is 4.71. The minimum atomic E-state index is 0.00630. The molecule has 0 saturated heterocycles. The third-order valence-corrected chi connectivity index (χ3v) is 4.14. The zero-order chi connectivity index (χ0) is 7.84. The molecule has 0 aliphatic heterocycles. The monoisotopic (exact) mass is 200 g/mol. The molecule has 0 N–H and O–H groups in total. The molecule has 0 bridgehead atoms. The summed E-state index contributed by atoms with van der Waals surface area (Å²) >= 11 is 3.35. The number of nitriles is 1. The smallest absolute Gasteiger partial charge is 0.265 e. The van der Waals surface area contributed by atoms with E-state index in [2.05, 4.69) is 4.37 Å². The third-order valence-electron chi connectivity index (χ3n) is 1.09. The van der Waals surface area contributed by atoms with Gasteiger partial charge < -0.3 is 0 Å². The Morgan fingerprint density at radius 1 is 1.45 bits per heavy atom. The van der Waals surface area contributed by atoms with Crippen molar-refractivity contribution in [2.24, 2.45) is 0 Å². The minimum Gasteiger partial charge on any atom is -0.265 e. The second-order valence-corrected chi connectivity index (χ2v) is 4.69. The molecule has 0 saturated carbocycles. The van der Waals surface area contributed by atoms with E-state index < -0.39 is 0 Å². The fraction of sp³-hybridized carbons (Fsp3) is 0. The highest BCUT2D eigenvalue weighted by Gasteiger charge is 2.08. The fourth-order valence-corrected chi connectivity index (χ4v) is 3.48. The third kappa shape index (κ3) is 0.976. The predicted molar refractivity (Wildman–Crippen MR) is 46.4 cm³/mol. The van der Waals surface area contributed by atoms with Gasteiger partial charge in [0.15, 0.2) is 4.83 Å². The summed E-state index contributed by atoms with van der Waals surface area (Å²) in [6, 6.07) is 2.00. The van der Waals surface area contributed by atoms with Crippen LogP contribution in [-0.2, 0) is 0 Å². The molecule has 54 valence electrons. The van der Waals surface area contributed by atoms with Crippen molar-refractivity contribution < 1.29 is 0 Å². The fourth-order valence-electron chi connectivity index (χ4n) is 0.676. The molecule has 2 rings (SSSR count). The highest BCUT2D eigenvalue weighted by atomic mass is 32.2. The van der Waals surface area contributed by atoms with Gasteiger partial charge in [-0.2, -0.15) is 9.64 Å². The summed E-state index contributed by atoms with van der Waals surface area (Å²) in [5.74, 6) is 0. The van der Waals surface area contributed by atoms with E-state index in [0.29, 0.717) is 9.71 Å². The van der Waals surface area contributed by atoms with Crippen LogP contribution in [0.15, 0.2) is 4.79 Å². The van der Waals surface area contributed by atoms with Gasteiger partial charge in [-0.1, -0.05) is 22.7 Å². The van der Waals surface area contributed by atoms with E-state index in [9.17, 15) is 4.79 Å². The number of fused-ring (bicyclic) bond motifs is 1. The highest BCUT2D eigenvalue weighted by molar-refractivity contribution is 7.37. The van der Waals surface area contributed by atoms with E-state index in [1.54, 1.807) is 0 Å². The predicted octanol–water partition coefficient (Wildman–Crippen LogP) is 1.65. The normalized spacial score (nSPS) is 10.1. The number of hydrogen-bond acceptors (Lipinski definition) is 6. The summed E-state index contributed by atoms with van der Waals surface area (Å²) in [6.45, 7) is 0. The second kappa shape index (κ2) is 2.37. The molecule has 0 aliphatic rings. The van der Waals surface area contributed by atoms with Crippen LogP contribution in [0.3, 0.4) is 0 Å².